The molecule has 0 spiro atoms. The summed E-state index contributed by atoms with van der Waals surface area (Å²) in [5.41, 5.74) is 4.47. The van der Waals surface area contributed by atoms with Crippen LogP contribution in [0.1, 0.15) is 0 Å². The zero-order valence-electron chi connectivity index (χ0n) is 2.85. The van der Waals surface area contributed by atoms with Crippen LogP contribution in [-0.4, -0.2) is 5.62 Å². The molecule has 1 aliphatic rings. The maximum absolute atomic E-state index is 5.28. The zero-order chi connectivity index (χ0) is 4.41. The van der Waals surface area contributed by atoms with Crippen molar-refractivity contribution < 1.29 is 0 Å². The second kappa shape index (κ2) is 1.40. The summed E-state index contributed by atoms with van der Waals surface area (Å²) in [6.45, 7) is 0. The molecule has 1 atom stereocenters. The lowest BCUT2D eigenvalue weighted by atomic mass is 11.2. The summed E-state index contributed by atoms with van der Waals surface area (Å²) in [4.78, 5) is 0. The average molecular weight is 107 g/mol. The van der Waals surface area contributed by atoms with E-state index in [0.717, 1.165) is 0 Å². The second-order valence-corrected chi connectivity index (χ2v) is 1.22. The Morgan fingerprint density at radius 1 is 1.67 bits per heavy atom. The number of alkyl halides is 1. The van der Waals surface area contributed by atoms with Crippen molar-refractivity contribution in [3.8, 4) is 0 Å². The van der Waals surface area contributed by atoms with Gasteiger partial charge in [0.1, 0.15) is 0 Å². The summed E-state index contributed by atoms with van der Waals surface area (Å²) in [6.07, 6.45) is 0. The van der Waals surface area contributed by atoms with Crippen LogP contribution >= 0.6 is 11.6 Å². The van der Waals surface area contributed by atoms with Crippen LogP contribution in [-0.2, 0) is 0 Å². The Kier molecular flexibility index (Phi) is 0.894. The summed E-state index contributed by atoms with van der Waals surface area (Å²) in [5.74, 6) is 0. The molecule has 0 saturated carbocycles. The normalized spacial score (nSPS) is 30.5. The molecule has 0 aromatic carbocycles. The van der Waals surface area contributed by atoms with Gasteiger partial charge in [0.05, 0.1) is 0 Å². The van der Waals surface area contributed by atoms with Crippen LogP contribution in [0.5, 0.6) is 0 Å². The third kappa shape index (κ3) is 0.580. The quantitative estimate of drug-likeness (QED) is 0.337. The maximum Gasteiger partial charge on any atom is 0.215 e. The van der Waals surface area contributed by atoms with Gasteiger partial charge < -0.3 is 0 Å². The highest BCUT2D eigenvalue weighted by molar-refractivity contribution is 6.20. The molecule has 0 aromatic heterocycles. The molecule has 0 radical (unpaired) electrons. The number of halogens is 1. The summed E-state index contributed by atoms with van der Waals surface area (Å²) < 4.78 is 0. The van der Waals surface area contributed by atoms with Crippen molar-refractivity contribution in [2.75, 3.05) is 0 Å². The van der Waals surface area contributed by atoms with Gasteiger partial charge >= 0.3 is 0 Å². The van der Waals surface area contributed by atoms with Crippen LogP contribution in [0.3, 0.4) is 0 Å². The van der Waals surface area contributed by atoms with E-state index in [2.05, 4.69) is 21.3 Å². The Morgan fingerprint density at radius 3 is 2.67 bits per heavy atom. The minimum Gasteiger partial charge on any atom is -0.221 e. The minimum absolute atomic E-state index is 0.384. The van der Waals surface area contributed by atoms with Crippen molar-refractivity contribution in [2.45, 2.75) is 5.62 Å². The molecular weight excluding hydrogens is 103 g/mol. The Hall–Kier alpha value is -0.350. The lowest BCUT2D eigenvalue weighted by Crippen LogP contribution is -2.25. The molecule has 5 heteroatoms. The van der Waals surface area contributed by atoms with E-state index in [-0.39, 0.29) is 5.62 Å². The van der Waals surface area contributed by atoms with Crippen molar-refractivity contribution in [3.63, 3.8) is 0 Å². The smallest absolute Gasteiger partial charge is 0.215 e. The number of nitrogens with zero attached hydrogens (tertiary/aromatic N) is 2. The van der Waals surface area contributed by atoms with Gasteiger partial charge in [-0.3, -0.25) is 0 Å². The Labute approximate surface area is 39.5 Å². The predicted molar refractivity (Wildman–Crippen MR) is 20.8 cm³/mol. The first-order valence-corrected chi connectivity index (χ1v) is 1.88. The summed E-state index contributed by atoms with van der Waals surface area (Å²) in [7, 11) is 0. The third-order valence-electron chi connectivity index (χ3n) is 0.393. The fourth-order valence-electron chi connectivity index (χ4n) is 0.191. The number of nitrogens with one attached hydrogen (secondary N) is 2. The van der Waals surface area contributed by atoms with E-state index in [1.807, 2.05) is 0 Å². The van der Waals surface area contributed by atoms with Crippen molar-refractivity contribution in [2.24, 2.45) is 10.3 Å². The lowest BCUT2D eigenvalue weighted by molar-refractivity contribution is 0.626. The Morgan fingerprint density at radius 2 is 2.50 bits per heavy atom. The monoisotopic (exact) mass is 106 g/mol. The van der Waals surface area contributed by atoms with E-state index < -0.39 is 0 Å². The van der Waals surface area contributed by atoms with Crippen molar-refractivity contribution in [1.29, 1.82) is 0 Å². The highest BCUT2D eigenvalue weighted by atomic mass is 35.5. The molecule has 1 rings (SSSR count). The third-order valence-corrected chi connectivity index (χ3v) is 0.589. The molecule has 0 amide bonds. The molecule has 2 N–H and O–H groups in total. The molecular formula is CH3ClN4. The van der Waals surface area contributed by atoms with E-state index in [9.17, 15) is 0 Å². The molecule has 0 saturated heterocycles. The molecule has 1 aliphatic heterocycles. The van der Waals surface area contributed by atoms with Gasteiger partial charge in [-0.05, 0) is 0 Å². The van der Waals surface area contributed by atoms with Gasteiger partial charge in [0.2, 0.25) is 5.62 Å². The van der Waals surface area contributed by atoms with Gasteiger partial charge in [0, 0.05) is 0 Å². The van der Waals surface area contributed by atoms with Crippen molar-refractivity contribution in [1.82, 2.24) is 11.0 Å². The van der Waals surface area contributed by atoms with E-state index in [0.29, 0.717) is 0 Å². The van der Waals surface area contributed by atoms with Crippen molar-refractivity contribution >= 4 is 11.6 Å². The molecule has 34 valence electrons. The molecule has 1 heterocycles. The fourth-order valence-corrected chi connectivity index (χ4v) is 0.283. The Balaban J connectivity index is 2.38. The Bertz CT molecular complexity index is 69.9. The van der Waals surface area contributed by atoms with Gasteiger partial charge in [0.15, 0.2) is 0 Å². The van der Waals surface area contributed by atoms with Crippen molar-refractivity contribution in [3.05, 3.63) is 0 Å². The molecule has 4 nitrogen and oxygen atoms in total. The highest BCUT2D eigenvalue weighted by Crippen LogP contribution is 1.94. The zero-order valence-corrected chi connectivity index (χ0v) is 3.61. The van der Waals surface area contributed by atoms with Crippen LogP contribution in [0.2, 0.25) is 0 Å². The molecule has 0 bridgehead atoms. The number of hydrogen-bond donors (Lipinski definition) is 2. The summed E-state index contributed by atoms with van der Waals surface area (Å²) >= 11 is 5.28. The average Bonchev–Trinajstić information content (AvgIpc) is 1.86. The first-order valence-electron chi connectivity index (χ1n) is 1.44. The second-order valence-electron chi connectivity index (χ2n) is 0.807. The topological polar surface area (TPSA) is 48.8 Å². The van der Waals surface area contributed by atoms with Crippen LogP contribution < -0.4 is 11.0 Å². The maximum atomic E-state index is 5.28. The molecule has 0 fully saturated rings. The molecule has 0 aromatic rings. The number of hydrogen-bond acceptors (Lipinski definition) is 4. The van der Waals surface area contributed by atoms with Crippen LogP contribution in [0.15, 0.2) is 10.3 Å². The van der Waals surface area contributed by atoms with E-state index in [1.54, 1.807) is 0 Å². The lowest BCUT2D eigenvalue weighted by Gasteiger charge is -1.87. The van der Waals surface area contributed by atoms with E-state index >= 15 is 0 Å². The van der Waals surface area contributed by atoms with E-state index in [1.165, 1.54) is 0 Å². The number of rotatable bonds is 0. The largest absolute Gasteiger partial charge is 0.221 e. The minimum atomic E-state index is -0.384. The first kappa shape index (κ1) is 3.83. The number of hydrazine groups is 1. The predicted octanol–water partition coefficient (Wildman–Crippen LogP) is -0.0162. The van der Waals surface area contributed by atoms with Gasteiger partial charge in [-0.15, -0.1) is 5.11 Å². The van der Waals surface area contributed by atoms with Crippen LogP contribution in [0.4, 0.5) is 0 Å². The summed E-state index contributed by atoms with van der Waals surface area (Å²) in [5, 5.41) is 6.70. The van der Waals surface area contributed by atoms with Gasteiger partial charge in [0.25, 0.3) is 0 Å². The SMILES string of the molecule is ClC1N=NNN1. The molecule has 6 heavy (non-hydrogen) atoms. The van der Waals surface area contributed by atoms with Crippen LogP contribution in [0.25, 0.3) is 0 Å². The van der Waals surface area contributed by atoms with E-state index in [4.69, 9.17) is 11.6 Å². The molecule has 0 aliphatic carbocycles. The summed E-state index contributed by atoms with van der Waals surface area (Å²) in [6, 6.07) is 0. The molecule has 1 unspecified atom stereocenters. The van der Waals surface area contributed by atoms with Gasteiger partial charge in [-0.2, -0.15) is 5.43 Å². The van der Waals surface area contributed by atoms with Crippen LogP contribution in [0, 0.1) is 0 Å². The highest BCUT2D eigenvalue weighted by Gasteiger charge is 2.01. The van der Waals surface area contributed by atoms with Gasteiger partial charge in [-0.1, -0.05) is 16.8 Å². The first-order chi connectivity index (χ1) is 2.89. The fraction of sp³-hybridized carbons (Fsp3) is 1.00. The standard InChI is InChI=1S/CH3ClN4/c2-1-3-5-6-4-1/h1H,(H,3,6)(H,4,5). The van der Waals surface area contributed by atoms with Gasteiger partial charge in [-0.25, -0.2) is 5.53 Å².